The van der Waals surface area contributed by atoms with Crippen molar-refractivity contribution < 1.29 is 19.1 Å². The van der Waals surface area contributed by atoms with Gasteiger partial charge in [0.2, 0.25) is 0 Å². The van der Waals surface area contributed by atoms with Crippen LogP contribution in [-0.4, -0.2) is 24.1 Å². The molecule has 0 saturated carbocycles. The fourth-order valence-electron chi connectivity index (χ4n) is 3.04. The van der Waals surface area contributed by atoms with Crippen LogP contribution >= 0.6 is 0 Å². The van der Waals surface area contributed by atoms with E-state index in [1.54, 1.807) is 48.5 Å². The molecule has 0 aliphatic heterocycles. The molecule has 0 amide bonds. The zero-order chi connectivity index (χ0) is 21.5. The summed E-state index contributed by atoms with van der Waals surface area (Å²) in [5.41, 5.74) is 3.04. The number of hydrogen-bond acceptors (Lipinski definition) is 4. The van der Waals surface area contributed by atoms with Crippen molar-refractivity contribution in [2.24, 2.45) is 0 Å². The van der Waals surface area contributed by atoms with E-state index in [1.165, 1.54) is 17.7 Å². The normalized spacial score (nSPS) is 11.5. The maximum atomic E-state index is 12.4. The minimum Gasteiger partial charge on any atom is -0.454 e. The van der Waals surface area contributed by atoms with E-state index < -0.39 is 5.97 Å². The maximum absolute atomic E-state index is 12.4. The van der Waals surface area contributed by atoms with Gasteiger partial charge in [-0.25, -0.2) is 4.79 Å². The second-order valence-electron chi connectivity index (χ2n) is 7.20. The summed E-state index contributed by atoms with van der Waals surface area (Å²) in [6.07, 6.45) is 1.03. The number of benzene rings is 3. The van der Waals surface area contributed by atoms with E-state index in [-0.39, 0.29) is 18.2 Å². The van der Waals surface area contributed by atoms with Gasteiger partial charge in [-0.1, -0.05) is 80.6 Å². The van der Waals surface area contributed by atoms with Gasteiger partial charge < -0.3 is 4.74 Å². The molecule has 3 aromatic carbocycles. The molecular weight excluding hydrogens is 376 g/mol. The van der Waals surface area contributed by atoms with Crippen molar-refractivity contribution in [2.45, 2.75) is 26.2 Å². The summed E-state index contributed by atoms with van der Waals surface area (Å²) in [6.45, 7) is 3.93. The molecule has 0 N–H and O–H groups in total. The van der Waals surface area contributed by atoms with E-state index in [4.69, 9.17) is 4.74 Å². The lowest BCUT2D eigenvalue weighted by atomic mass is 9.97. The van der Waals surface area contributed by atoms with Crippen molar-refractivity contribution in [3.05, 3.63) is 107 Å². The Morgan fingerprint density at radius 3 is 1.87 bits per heavy atom. The van der Waals surface area contributed by atoms with Crippen molar-refractivity contribution in [3.63, 3.8) is 0 Å². The quantitative estimate of drug-likeness (QED) is 0.372. The summed E-state index contributed by atoms with van der Waals surface area (Å²) in [4.78, 5) is 37.0. The predicted octanol–water partition coefficient (Wildman–Crippen LogP) is 5.47. The van der Waals surface area contributed by atoms with Crippen LogP contribution in [0.3, 0.4) is 0 Å². The molecule has 0 aliphatic carbocycles. The van der Waals surface area contributed by atoms with Gasteiger partial charge in [0, 0.05) is 16.7 Å². The van der Waals surface area contributed by atoms with Crippen molar-refractivity contribution >= 4 is 17.5 Å². The number of rotatable bonds is 8. The molecule has 0 saturated heterocycles. The first-order valence-electron chi connectivity index (χ1n) is 9.99. The molecule has 3 rings (SSSR count). The van der Waals surface area contributed by atoms with Gasteiger partial charge in [0.25, 0.3) is 0 Å². The molecule has 152 valence electrons. The number of esters is 1. The molecule has 0 bridgehead atoms. The van der Waals surface area contributed by atoms with Crippen molar-refractivity contribution in [1.82, 2.24) is 0 Å². The first-order chi connectivity index (χ1) is 14.5. The molecule has 3 aromatic rings. The van der Waals surface area contributed by atoms with E-state index in [2.05, 4.69) is 13.8 Å². The maximum Gasteiger partial charge on any atom is 0.338 e. The van der Waals surface area contributed by atoms with Crippen LogP contribution in [0.5, 0.6) is 0 Å². The van der Waals surface area contributed by atoms with Gasteiger partial charge >= 0.3 is 5.97 Å². The number of ether oxygens (including phenoxy) is 1. The second-order valence-corrected chi connectivity index (χ2v) is 7.20. The number of carbonyl (C=O) groups excluding carboxylic acids is 3. The van der Waals surface area contributed by atoms with Gasteiger partial charge in [-0.3, -0.25) is 9.59 Å². The molecule has 30 heavy (non-hydrogen) atoms. The highest BCUT2D eigenvalue weighted by Crippen LogP contribution is 2.19. The highest BCUT2D eigenvalue weighted by molar-refractivity contribution is 6.09. The number of hydrogen-bond donors (Lipinski definition) is 0. The van der Waals surface area contributed by atoms with Crippen LogP contribution in [-0.2, 0) is 4.74 Å². The SMILES string of the molecule is CC[C@H](C)c1ccc(C(=O)COC(=O)c2ccc(C(=O)c3ccccc3)cc2)cc1. The van der Waals surface area contributed by atoms with Crippen molar-refractivity contribution in [2.75, 3.05) is 6.61 Å². The first kappa shape index (κ1) is 21.2. The number of carbonyl (C=O) groups is 3. The lowest BCUT2D eigenvalue weighted by molar-refractivity contribution is 0.0474. The smallest absolute Gasteiger partial charge is 0.338 e. The van der Waals surface area contributed by atoms with Crippen molar-refractivity contribution in [1.29, 1.82) is 0 Å². The molecule has 4 nitrogen and oxygen atoms in total. The molecule has 4 heteroatoms. The molecule has 0 radical (unpaired) electrons. The molecule has 1 atom stereocenters. The highest BCUT2D eigenvalue weighted by Gasteiger charge is 2.14. The van der Waals surface area contributed by atoms with Gasteiger partial charge in [-0.05, 0) is 30.0 Å². The Balaban J connectivity index is 1.58. The molecule has 0 aliphatic rings. The topological polar surface area (TPSA) is 60.4 Å². The Bertz CT molecular complexity index is 1020. The van der Waals surface area contributed by atoms with Gasteiger partial charge in [0.15, 0.2) is 18.2 Å². The molecular formula is C26H24O4. The Morgan fingerprint density at radius 2 is 1.27 bits per heavy atom. The Labute approximate surface area is 176 Å². The molecule has 0 spiro atoms. The van der Waals surface area contributed by atoms with Crippen LogP contribution in [0.1, 0.15) is 68.4 Å². The average molecular weight is 400 g/mol. The summed E-state index contributed by atoms with van der Waals surface area (Å²) in [7, 11) is 0. The summed E-state index contributed by atoms with van der Waals surface area (Å²) < 4.78 is 5.15. The number of Topliss-reactive ketones (excluding diaryl/α,β-unsaturated/α-hetero) is 1. The van der Waals surface area contributed by atoms with Crippen LogP contribution in [0.15, 0.2) is 78.9 Å². The Kier molecular flexibility index (Phi) is 6.91. The lowest BCUT2D eigenvalue weighted by Crippen LogP contribution is -2.14. The predicted molar refractivity (Wildman–Crippen MR) is 116 cm³/mol. The molecule has 0 heterocycles. The van der Waals surface area contributed by atoms with E-state index in [1.807, 2.05) is 18.2 Å². The van der Waals surface area contributed by atoms with Gasteiger partial charge in [0.05, 0.1) is 5.56 Å². The lowest BCUT2D eigenvalue weighted by Gasteiger charge is -2.09. The third-order valence-electron chi connectivity index (χ3n) is 5.17. The molecule has 0 fully saturated rings. The summed E-state index contributed by atoms with van der Waals surface area (Å²) >= 11 is 0. The molecule has 0 aromatic heterocycles. The largest absolute Gasteiger partial charge is 0.454 e. The fraction of sp³-hybridized carbons (Fsp3) is 0.192. The Morgan fingerprint density at radius 1 is 0.733 bits per heavy atom. The fourth-order valence-corrected chi connectivity index (χ4v) is 3.04. The summed E-state index contributed by atoms with van der Waals surface area (Å²) in [6, 6.07) is 22.6. The van der Waals surface area contributed by atoms with Crippen molar-refractivity contribution in [3.8, 4) is 0 Å². The zero-order valence-electron chi connectivity index (χ0n) is 17.1. The van der Waals surface area contributed by atoms with E-state index in [9.17, 15) is 14.4 Å². The second kappa shape index (κ2) is 9.79. The number of ketones is 2. The average Bonchev–Trinajstić information content (AvgIpc) is 2.82. The summed E-state index contributed by atoms with van der Waals surface area (Å²) in [5.74, 6) is -0.538. The van der Waals surface area contributed by atoms with E-state index >= 15 is 0 Å². The summed E-state index contributed by atoms with van der Waals surface area (Å²) in [5, 5.41) is 0. The van der Waals surface area contributed by atoms with Crippen LogP contribution < -0.4 is 0 Å². The zero-order valence-corrected chi connectivity index (χ0v) is 17.1. The van der Waals surface area contributed by atoms with Gasteiger partial charge in [0.1, 0.15) is 0 Å². The van der Waals surface area contributed by atoms with E-state index in [0.717, 1.165) is 6.42 Å². The van der Waals surface area contributed by atoms with Crippen LogP contribution in [0.4, 0.5) is 0 Å². The highest BCUT2D eigenvalue weighted by atomic mass is 16.5. The van der Waals surface area contributed by atoms with Gasteiger partial charge in [-0.15, -0.1) is 0 Å². The standard InChI is InChI=1S/C26H24O4/c1-3-18(2)19-9-11-20(12-10-19)24(27)17-30-26(29)23-15-13-22(14-16-23)25(28)21-7-5-4-6-8-21/h4-16,18H,3,17H2,1-2H3/t18-/m0/s1. The Hall–Kier alpha value is -3.53. The third-order valence-corrected chi connectivity index (χ3v) is 5.17. The minimum atomic E-state index is -0.599. The first-order valence-corrected chi connectivity index (χ1v) is 9.99. The third kappa shape index (κ3) is 5.09. The van der Waals surface area contributed by atoms with E-state index in [0.29, 0.717) is 28.2 Å². The van der Waals surface area contributed by atoms with Crippen LogP contribution in [0.2, 0.25) is 0 Å². The van der Waals surface area contributed by atoms with Gasteiger partial charge in [-0.2, -0.15) is 0 Å². The monoisotopic (exact) mass is 400 g/mol. The molecule has 0 unspecified atom stereocenters. The van der Waals surface area contributed by atoms with Crippen LogP contribution in [0.25, 0.3) is 0 Å². The minimum absolute atomic E-state index is 0.119. The van der Waals surface area contributed by atoms with Crippen LogP contribution in [0, 0.1) is 0 Å².